The first-order chi connectivity index (χ1) is 23.1. The summed E-state index contributed by atoms with van der Waals surface area (Å²) in [4.78, 5) is 17.8. The molecule has 0 atom stereocenters. The van der Waals surface area contributed by atoms with Gasteiger partial charge in [-0.15, -0.1) is 13.2 Å². The number of piperazine rings is 1. The van der Waals surface area contributed by atoms with Gasteiger partial charge in [0.15, 0.2) is 5.78 Å². The minimum Gasteiger partial charge on any atom is -0.406 e. The number of aryl methyl sites for hydroxylation is 1. The van der Waals surface area contributed by atoms with Gasteiger partial charge in [-0.2, -0.15) is 0 Å². The number of carbonyl (C=O) groups is 1. The van der Waals surface area contributed by atoms with Gasteiger partial charge in [0.1, 0.15) is 5.75 Å². The number of benzene rings is 3. The Labute approximate surface area is 285 Å². The van der Waals surface area contributed by atoms with Gasteiger partial charge in [-0.25, -0.2) is 0 Å². The van der Waals surface area contributed by atoms with E-state index >= 15 is 0 Å². The highest BCUT2D eigenvalue weighted by molar-refractivity contribution is 6.31. The zero-order valence-corrected chi connectivity index (χ0v) is 28.0. The van der Waals surface area contributed by atoms with E-state index in [0.717, 1.165) is 123 Å². The fourth-order valence-corrected chi connectivity index (χ4v) is 7.40. The maximum Gasteiger partial charge on any atom is 0.573 e. The molecule has 10 heteroatoms. The summed E-state index contributed by atoms with van der Waals surface area (Å²) in [6.07, 6.45) is 4.16. The van der Waals surface area contributed by atoms with Crippen LogP contribution in [-0.4, -0.2) is 58.2 Å². The van der Waals surface area contributed by atoms with Crippen LogP contribution in [0.25, 0.3) is 22.0 Å². The number of ether oxygens (including phenoxy) is 1. The van der Waals surface area contributed by atoms with Crippen LogP contribution in [0, 0.1) is 0 Å². The minimum absolute atomic E-state index is 0.177. The van der Waals surface area contributed by atoms with Gasteiger partial charge in [-0.05, 0) is 72.7 Å². The first-order valence-corrected chi connectivity index (χ1v) is 17.4. The predicted molar refractivity (Wildman–Crippen MR) is 185 cm³/mol. The third kappa shape index (κ3) is 8.61. The number of unbranched alkanes of at least 4 members (excludes halogenated alkanes) is 1. The topological polar surface area (TPSA) is 63.7 Å². The molecule has 1 aliphatic heterocycles. The molecule has 1 saturated heterocycles. The first-order valence-electron chi connectivity index (χ1n) is 17.0. The lowest BCUT2D eigenvalue weighted by Gasteiger charge is -2.35. The molecule has 4 aromatic rings. The number of alkyl halides is 3. The number of fused-ring (bicyclic) bond motifs is 1. The summed E-state index contributed by atoms with van der Waals surface area (Å²) >= 11 is 6.39. The minimum atomic E-state index is -4.74. The van der Waals surface area contributed by atoms with Crippen molar-refractivity contribution in [1.82, 2.24) is 14.4 Å². The summed E-state index contributed by atoms with van der Waals surface area (Å²) in [6.45, 7) is 6.17. The number of Topliss-reactive ketones (excluding diaryl/α,β-unsaturated/α-hetero) is 1. The molecular weight excluding hydrogens is 637 g/mol. The Morgan fingerprint density at radius 1 is 0.875 bits per heavy atom. The fraction of sp³-hybridized carbons (Fsp3) is 0.447. The Balaban J connectivity index is 1.15. The maximum absolute atomic E-state index is 12.9. The highest BCUT2D eigenvalue weighted by atomic mass is 35.5. The molecule has 0 radical (unpaired) electrons. The van der Waals surface area contributed by atoms with Crippen molar-refractivity contribution in [3.05, 3.63) is 89.1 Å². The summed E-state index contributed by atoms with van der Waals surface area (Å²) < 4.78 is 44.7. The summed E-state index contributed by atoms with van der Waals surface area (Å²) in [5, 5.41) is 1.85. The van der Waals surface area contributed by atoms with Gasteiger partial charge in [0.2, 0.25) is 0 Å². The van der Waals surface area contributed by atoms with Crippen molar-refractivity contribution in [2.75, 3.05) is 26.2 Å². The fourth-order valence-electron chi connectivity index (χ4n) is 7.20. The quantitative estimate of drug-likeness (QED) is 0.152. The molecule has 1 saturated carbocycles. The summed E-state index contributed by atoms with van der Waals surface area (Å²) in [6, 6.07) is 20.6. The molecular formula is C38H44ClF3N4O2. The lowest BCUT2D eigenvalue weighted by atomic mass is 9.78. The van der Waals surface area contributed by atoms with Crippen molar-refractivity contribution in [1.29, 1.82) is 0 Å². The van der Waals surface area contributed by atoms with E-state index in [1.807, 2.05) is 18.2 Å². The largest absolute Gasteiger partial charge is 0.573 e. The number of hydrogen-bond donors (Lipinski definition) is 1. The van der Waals surface area contributed by atoms with Crippen molar-refractivity contribution >= 4 is 28.3 Å². The average Bonchev–Trinajstić information content (AvgIpc) is 3.42. The third-order valence-electron chi connectivity index (χ3n) is 9.92. The van der Waals surface area contributed by atoms with Crippen molar-refractivity contribution in [3.63, 3.8) is 0 Å². The van der Waals surface area contributed by atoms with Crippen LogP contribution in [0.4, 0.5) is 13.2 Å². The number of carbonyl (C=O) groups excluding carboxylic acids is 1. The van der Waals surface area contributed by atoms with E-state index in [9.17, 15) is 18.0 Å². The molecule has 0 spiro atoms. The average molecular weight is 681 g/mol. The summed E-state index contributed by atoms with van der Waals surface area (Å²) in [5.74, 6) is -0.0691. The van der Waals surface area contributed by atoms with E-state index in [1.165, 1.54) is 17.7 Å². The second-order valence-electron chi connectivity index (χ2n) is 13.4. The molecule has 0 amide bonds. The molecule has 2 heterocycles. The van der Waals surface area contributed by atoms with Crippen LogP contribution in [0.5, 0.6) is 5.75 Å². The Hall–Kier alpha value is -3.37. The summed E-state index contributed by atoms with van der Waals surface area (Å²) in [5.41, 5.74) is 11.0. The number of nitrogens with zero attached hydrogens (tertiary/aromatic N) is 3. The van der Waals surface area contributed by atoms with Crippen LogP contribution < -0.4 is 10.5 Å². The Morgan fingerprint density at radius 3 is 2.25 bits per heavy atom. The molecule has 256 valence electrons. The number of halogens is 4. The van der Waals surface area contributed by atoms with Crippen molar-refractivity contribution in [2.45, 2.75) is 82.9 Å². The van der Waals surface area contributed by atoms with E-state index < -0.39 is 11.9 Å². The van der Waals surface area contributed by atoms with E-state index in [2.05, 4.69) is 49.6 Å². The van der Waals surface area contributed by atoms with Crippen LogP contribution >= 0.6 is 11.6 Å². The van der Waals surface area contributed by atoms with Gasteiger partial charge in [0, 0.05) is 79.9 Å². The normalized spacial score (nSPS) is 17.5. The number of ketones is 1. The molecule has 1 aromatic heterocycles. The third-order valence-corrected chi connectivity index (χ3v) is 10.3. The highest BCUT2D eigenvalue weighted by Gasteiger charge is 2.34. The van der Waals surface area contributed by atoms with Crippen LogP contribution in [0.2, 0.25) is 5.02 Å². The van der Waals surface area contributed by atoms with E-state index in [-0.39, 0.29) is 11.5 Å². The van der Waals surface area contributed by atoms with Gasteiger partial charge < -0.3 is 15.0 Å². The molecule has 6 rings (SSSR count). The number of nitrogens with two attached hydrogens (primary N) is 1. The van der Waals surface area contributed by atoms with Gasteiger partial charge >= 0.3 is 6.36 Å². The number of rotatable bonds is 12. The molecule has 48 heavy (non-hydrogen) atoms. The summed E-state index contributed by atoms with van der Waals surface area (Å²) in [7, 11) is 0. The first kappa shape index (κ1) is 34.5. The Bertz CT molecular complexity index is 1690. The van der Waals surface area contributed by atoms with Crippen molar-refractivity contribution in [2.24, 2.45) is 5.73 Å². The Morgan fingerprint density at radius 2 is 1.56 bits per heavy atom. The van der Waals surface area contributed by atoms with Crippen molar-refractivity contribution in [3.8, 4) is 16.9 Å². The second-order valence-corrected chi connectivity index (χ2v) is 13.8. The lowest BCUT2D eigenvalue weighted by molar-refractivity contribution is -0.274. The SMILES string of the molecule is NC1(C(=O)CCCCn2cc(-c3ccc(OC(F)(F)F)cc3)c3cc(CN4CCN(Cc5ccccc5Cl)CC4)ccc32)CCCCC1. The second kappa shape index (κ2) is 15.0. The van der Waals surface area contributed by atoms with Crippen molar-refractivity contribution < 1.29 is 22.7 Å². The molecule has 1 aliphatic carbocycles. The maximum atomic E-state index is 12.9. The van der Waals surface area contributed by atoms with Crippen LogP contribution in [0.1, 0.15) is 62.5 Å². The van der Waals surface area contributed by atoms with Gasteiger partial charge in [0.25, 0.3) is 0 Å². The standard InChI is InChI=1S/C38H44ClF3N4O2/c39-34-9-3-2-8-30(34)26-45-22-20-44(21-23-45)25-28-11-16-35-32(24-28)33(29-12-14-31(15-13-29)48-38(40,41)42)27-46(35)19-7-4-10-36(47)37(43)17-5-1-6-18-37/h2-3,8-9,11-16,24,27H,1,4-7,10,17-23,25-26,43H2. The smallest absolute Gasteiger partial charge is 0.406 e. The van der Waals surface area contributed by atoms with Crippen LogP contribution in [-0.2, 0) is 24.4 Å². The monoisotopic (exact) mass is 680 g/mol. The van der Waals surface area contributed by atoms with Gasteiger partial charge in [0.05, 0.1) is 5.54 Å². The number of hydrogen-bond acceptors (Lipinski definition) is 5. The van der Waals surface area contributed by atoms with E-state index in [4.69, 9.17) is 17.3 Å². The lowest BCUT2D eigenvalue weighted by Crippen LogP contribution is -2.49. The van der Waals surface area contributed by atoms with Gasteiger partial charge in [-0.3, -0.25) is 14.6 Å². The zero-order valence-electron chi connectivity index (χ0n) is 27.3. The van der Waals surface area contributed by atoms with E-state index in [1.54, 1.807) is 12.1 Å². The van der Waals surface area contributed by atoms with E-state index in [0.29, 0.717) is 6.42 Å². The molecule has 0 unspecified atom stereocenters. The number of aromatic nitrogens is 1. The molecule has 2 aliphatic rings. The zero-order chi connectivity index (χ0) is 33.7. The molecule has 2 N–H and O–H groups in total. The van der Waals surface area contributed by atoms with Crippen LogP contribution in [0.15, 0.2) is 72.9 Å². The predicted octanol–water partition coefficient (Wildman–Crippen LogP) is 8.58. The molecule has 0 bridgehead atoms. The Kier molecular flexibility index (Phi) is 10.8. The highest BCUT2D eigenvalue weighted by Crippen LogP contribution is 2.34. The molecule has 3 aromatic carbocycles. The molecule has 2 fully saturated rings. The van der Waals surface area contributed by atoms with Crippen LogP contribution in [0.3, 0.4) is 0 Å². The molecule has 6 nitrogen and oxygen atoms in total. The van der Waals surface area contributed by atoms with Gasteiger partial charge in [-0.1, -0.05) is 67.3 Å².